The van der Waals surface area contributed by atoms with Crippen molar-refractivity contribution in [3.63, 3.8) is 0 Å². The summed E-state index contributed by atoms with van der Waals surface area (Å²) in [6.07, 6.45) is 6.90. The second kappa shape index (κ2) is 7.00. The molecule has 1 aliphatic rings. The Morgan fingerprint density at radius 2 is 2.00 bits per heavy atom. The van der Waals surface area contributed by atoms with Gasteiger partial charge in [-0.15, -0.1) is 0 Å². The first-order valence-corrected chi connectivity index (χ1v) is 10.4. The van der Waals surface area contributed by atoms with Crippen molar-refractivity contribution in [2.75, 3.05) is 19.3 Å². The third-order valence-corrected chi connectivity index (χ3v) is 5.82. The normalized spacial score (nSPS) is 18.3. The molecule has 2 aromatic rings. The lowest BCUT2D eigenvalue weighted by Gasteiger charge is -2.32. The van der Waals surface area contributed by atoms with Gasteiger partial charge in [-0.3, -0.25) is 4.79 Å². The van der Waals surface area contributed by atoms with E-state index < -0.39 is 9.84 Å². The maximum absolute atomic E-state index is 12.8. The molecule has 0 unspecified atom stereocenters. The average Bonchev–Trinajstić information content (AvgIpc) is 3.09. The highest BCUT2D eigenvalue weighted by molar-refractivity contribution is 7.90. The van der Waals surface area contributed by atoms with Crippen LogP contribution in [0, 0.1) is 0 Å². The molecule has 7 heteroatoms. The molecule has 0 saturated carbocycles. The van der Waals surface area contributed by atoms with Gasteiger partial charge in [0.25, 0.3) is 5.91 Å². The van der Waals surface area contributed by atoms with E-state index in [1.807, 2.05) is 17.3 Å². The number of aromatic nitrogens is 2. The number of carbonyl (C=O) groups excluding carboxylic acids is 1. The Balaban J connectivity index is 1.76. The third-order valence-electron chi connectivity index (χ3n) is 4.69. The summed E-state index contributed by atoms with van der Waals surface area (Å²) in [5.41, 5.74) is 0.520. The Hall–Kier alpha value is -2.15. The van der Waals surface area contributed by atoms with Gasteiger partial charge in [-0.25, -0.2) is 13.4 Å². The Bertz CT molecular complexity index is 856. The minimum atomic E-state index is -3.25. The molecule has 1 atom stereocenters. The van der Waals surface area contributed by atoms with Crippen LogP contribution >= 0.6 is 0 Å². The van der Waals surface area contributed by atoms with Crippen LogP contribution < -0.4 is 0 Å². The average molecular weight is 361 g/mol. The Kier molecular flexibility index (Phi) is 4.94. The third kappa shape index (κ3) is 3.76. The van der Waals surface area contributed by atoms with Crippen LogP contribution in [0.2, 0.25) is 0 Å². The van der Waals surface area contributed by atoms with Gasteiger partial charge < -0.3 is 9.47 Å². The van der Waals surface area contributed by atoms with Gasteiger partial charge in [0.2, 0.25) is 0 Å². The van der Waals surface area contributed by atoms with Crippen LogP contribution in [-0.2, 0) is 16.4 Å². The van der Waals surface area contributed by atoms with Gasteiger partial charge in [0, 0.05) is 49.8 Å². The van der Waals surface area contributed by atoms with Crippen LogP contribution in [0.1, 0.15) is 41.9 Å². The van der Waals surface area contributed by atoms with Gasteiger partial charge in [-0.1, -0.05) is 0 Å². The zero-order valence-electron chi connectivity index (χ0n) is 14.6. The van der Waals surface area contributed by atoms with E-state index in [1.54, 1.807) is 12.1 Å². The lowest BCUT2D eigenvalue weighted by Crippen LogP contribution is -2.39. The number of piperidine rings is 1. The summed E-state index contributed by atoms with van der Waals surface area (Å²) in [5.74, 6) is 1.22. The van der Waals surface area contributed by atoms with Crippen molar-refractivity contribution < 1.29 is 13.2 Å². The molecule has 1 saturated heterocycles. The smallest absolute Gasteiger partial charge is 0.253 e. The predicted octanol–water partition coefficient (Wildman–Crippen LogP) is 2.33. The molecule has 2 heterocycles. The number of aryl methyl sites for hydroxylation is 1. The lowest BCUT2D eigenvalue weighted by molar-refractivity contribution is 0.0703. The van der Waals surface area contributed by atoms with E-state index in [0.717, 1.165) is 38.0 Å². The van der Waals surface area contributed by atoms with Crippen molar-refractivity contribution in [3.05, 3.63) is 48.0 Å². The van der Waals surface area contributed by atoms with E-state index in [-0.39, 0.29) is 16.7 Å². The highest BCUT2D eigenvalue weighted by Crippen LogP contribution is 2.27. The number of nitrogens with zero attached hydrogens (tertiary/aromatic N) is 3. The quantitative estimate of drug-likeness (QED) is 0.838. The van der Waals surface area contributed by atoms with Gasteiger partial charge in [-0.2, -0.15) is 0 Å². The SMILES string of the molecule is CCn1ccnc1[C@@H]1CCCN(C(=O)c2ccc(S(C)(=O)=O)cc2)C1. The standard InChI is InChI=1S/C18H23N3O3S/c1-3-20-12-10-19-17(20)15-5-4-11-21(13-15)18(22)14-6-8-16(9-7-14)25(2,23)24/h6-10,12,15H,3-5,11,13H2,1-2H3/t15-/m1/s1. The first kappa shape index (κ1) is 17.7. The van der Waals surface area contributed by atoms with Crippen molar-refractivity contribution >= 4 is 15.7 Å². The van der Waals surface area contributed by atoms with Gasteiger partial charge in [-0.05, 0) is 44.0 Å². The summed E-state index contributed by atoms with van der Waals surface area (Å²) < 4.78 is 25.2. The number of hydrogen-bond donors (Lipinski definition) is 0. The van der Waals surface area contributed by atoms with Crippen LogP contribution in [0.3, 0.4) is 0 Å². The van der Waals surface area contributed by atoms with E-state index in [1.165, 1.54) is 12.1 Å². The van der Waals surface area contributed by atoms with Crippen LogP contribution in [0.25, 0.3) is 0 Å². The van der Waals surface area contributed by atoms with Crippen LogP contribution in [0.5, 0.6) is 0 Å². The van der Waals surface area contributed by atoms with E-state index >= 15 is 0 Å². The fourth-order valence-electron chi connectivity index (χ4n) is 3.35. The number of imidazole rings is 1. The monoisotopic (exact) mass is 361 g/mol. The first-order chi connectivity index (χ1) is 11.9. The fourth-order valence-corrected chi connectivity index (χ4v) is 3.98. The van der Waals surface area contributed by atoms with Gasteiger partial charge in [0.15, 0.2) is 9.84 Å². The number of carbonyl (C=O) groups is 1. The molecule has 0 radical (unpaired) electrons. The van der Waals surface area contributed by atoms with Gasteiger partial charge in [0.1, 0.15) is 5.82 Å². The highest BCUT2D eigenvalue weighted by Gasteiger charge is 2.27. The molecular formula is C18H23N3O3S. The van der Waals surface area contributed by atoms with Gasteiger partial charge in [0.05, 0.1) is 4.90 Å². The number of likely N-dealkylation sites (tertiary alicyclic amines) is 1. The maximum Gasteiger partial charge on any atom is 0.253 e. The molecule has 0 bridgehead atoms. The summed E-state index contributed by atoms with van der Waals surface area (Å²) >= 11 is 0. The molecule has 0 spiro atoms. The minimum absolute atomic E-state index is 0.0562. The van der Waals surface area contributed by atoms with Crippen LogP contribution in [-0.4, -0.2) is 48.1 Å². The first-order valence-electron chi connectivity index (χ1n) is 8.50. The molecule has 1 aromatic heterocycles. The molecule has 134 valence electrons. The van der Waals surface area contributed by atoms with Crippen LogP contribution in [0.15, 0.2) is 41.6 Å². The number of benzene rings is 1. The van der Waals surface area contributed by atoms with E-state index in [0.29, 0.717) is 12.1 Å². The summed E-state index contributed by atoms with van der Waals surface area (Å²) in [4.78, 5) is 19.3. The molecule has 1 fully saturated rings. The predicted molar refractivity (Wildman–Crippen MR) is 95.3 cm³/mol. The molecule has 25 heavy (non-hydrogen) atoms. The fraction of sp³-hybridized carbons (Fsp3) is 0.444. The number of amides is 1. The van der Waals surface area contributed by atoms with E-state index in [4.69, 9.17) is 0 Å². The second-order valence-electron chi connectivity index (χ2n) is 6.46. The molecular weight excluding hydrogens is 338 g/mol. The maximum atomic E-state index is 12.8. The number of sulfone groups is 1. The molecule has 0 aliphatic carbocycles. The number of hydrogen-bond acceptors (Lipinski definition) is 4. The summed E-state index contributed by atoms with van der Waals surface area (Å²) in [6.45, 7) is 4.31. The minimum Gasteiger partial charge on any atom is -0.338 e. The zero-order valence-corrected chi connectivity index (χ0v) is 15.4. The van der Waals surface area contributed by atoms with Crippen LogP contribution in [0.4, 0.5) is 0 Å². The summed E-state index contributed by atoms with van der Waals surface area (Å²) in [5, 5.41) is 0. The van der Waals surface area contributed by atoms with Gasteiger partial charge >= 0.3 is 0 Å². The summed E-state index contributed by atoms with van der Waals surface area (Å²) in [6, 6.07) is 6.17. The van der Waals surface area contributed by atoms with Crippen molar-refractivity contribution in [3.8, 4) is 0 Å². The van der Waals surface area contributed by atoms with Crippen molar-refractivity contribution in [2.24, 2.45) is 0 Å². The molecule has 1 aromatic carbocycles. The lowest BCUT2D eigenvalue weighted by atomic mass is 9.96. The van der Waals surface area contributed by atoms with Crippen molar-refractivity contribution in [1.82, 2.24) is 14.5 Å². The second-order valence-corrected chi connectivity index (χ2v) is 8.47. The molecule has 1 aliphatic heterocycles. The largest absolute Gasteiger partial charge is 0.338 e. The van der Waals surface area contributed by atoms with Crippen molar-refractivity contribution in [1.29, 1.82) is 0 Å². The van der Waals surface area contributed by atoms with E-state index in [2.05, 4.69) is 16.5 Å². The Morgan fingerprint density at radius 3 is 2.64 bits per heavy atom. The van der Waals surface area contributed by atoms with Crippen molar-refractivity contribution in [2.45, 2.75) is 37.1 Å². The molecule has 6 nitrogen and oxygen atoms in total. The Labute approximate surface area is 148 Å². The Morgan fingerprint density at radius 1 is 1.28 bits per heavy atom. The highest BCUT2D eigenvalue weighted by atomic mass is 32.2. The molecule has 3 rings (SSSR count). The number of rotatable bonds is 4. The van der Waals surface area contributed by atoms with E-state index in [9.17, 15) is 13.2 Å². The molecule has 1 amide bonds. The topological polar surface area (TPSA) is 72.3 Å². The summed E-state index contributed by atoms with van der Waals surface area (Å²) in [7, 11) is -3.25. The zero-order chi connectivity index (χ0) is 18.0. The molecule has 0 N–H and O–H groups in total.